The van der Waals surface area contributed by atoms with Gasteiger partial charge in [-0.2, -0.15) is 0 Å². The van der Waals surface area contributed by atoms with Crippen LogP contribution in [0.3, 0.4) is 0 Å². The average Bonchev–Trinajstić information content (AvgIpc) is 3.20. The minimum atomic E-state index is -0.430. The third kappa shape index (κ3) is 9.78. The molecule has 1 heterocycles. The number of aliphatic hydroxyl groups excluding tert-OH is 1. The molecule has 1 aromatic carbocycles. The van der Waals surface area contributed by atoms with Gasteiger partial charge in [-0.1, -0.05) is 55.0 Å². The zero-order valence-electron chi connectivity index (χ0n) is 17.7. The van der Waals surface area contributed by atoms with Gasteiger partial charge in [-0.15, -0.1) is 0 Å². The highest BCUT2D eigenvalue weighted by atomic mass is 16.5. The fourth-order valence-electron chi connectivity index (χ4n) is 3.65. The second-order valence-corrected chi connectivity index (χ2v) is 7.64. The summed E-state index contributed by atoms with van der Waals surface area (Å²) >= 11 is 0. The molecule has 158 valence electrons. The highest BCUT2D eigenvalue weighted by molar-refractivity contribution is 5.68. The van der Waals surface area contributed by atoms with E-state index in [0.29, 0.717) is 25.3 Å². The second kappa shape index (κ2) is 14.0. The number of likely N-dealkylation sites (tertiary alicyclic amines) is 1. The number of hydrogen-bond donors (Lipinski definition) is 1. The Kier molecular flexibility index (Phi) is 11.2. The number of nitrogens with zero attached hydrogens (tertiary/aromatic N) is 1. The number of carbonyl (C=O) groups is 1. The summed E-state index contributed by atoms with van der Waals surface area (Å²) in [7, 11) is 1.44. The van der Waals surface area contributed by atoms with Gasteiger partial charge in [0.1, 0.15) is 0 Å². The molecular weight excluding hydrogens is 362 g/mol. The van der Waals surface area contributed by atoms with Crippen LogP contribution in [0, 0.1) is 11.8 Å². The lowest BCUT2D eigenvalue weighted by Crippen LogP contribution is -2.29. The van der Waals surface area contributed by atoms with Crippen LogP contribution in [0.5, 0.6) is 0 Å². The van der Waals surface area contributed by atoms with E-state index in [9.17, 15) is 9.90 Å². The van der Waals surface area contributed by atoms with Gasteiger partial charge in [0, 0.05) is 24.4 Å². The lowest BCUT2D eigenvalue weighted by molar-refractivity contribution is -0.140. The van der Waals surface area contributed by atoms with Gasteiger partial charge in [-0.3, -0.25) is 9.69 Å². The molecule has 0 bridgehead atoms. The van der Waals surface area contributed by atoms with E-state index in [2.05, 4.69) is 27.6 Å². The van der Waals surface area contributed by atoms with Crippen LogP contribution in [0.1, 0.15) is 63.4 Å². The third-order valence-electron chi connectivity index (χ3n) is 5.35. The standard InChI is InChI=1S/C25H35NO3/c1-29-25(28)17-7-2-3-10-20-26-21-11-15-23(26)18-19-24(27)16-9-8-14-22-12-5-4-6-13-22/h4-6,12-13,18-19,23-24,27H,2-3,7,9-11,15-17,20-21H2,1H3/b19-18+/t23-,24+/m1/s1. The third-order valence-corrected chi connectivity index (χ3v) is 5.35. The summed E-state index contributed by atoms with van der Waals surface area (Å²) < 4.78 is 4.67. The molecular formula is C25H35NO3. The van der Waals surface area contributed by atoms with Crippen LogP contribution in [-0.2, 0) is 9.53 Å². The first-order valence-electron chi connectivity index (χ1n) is 10.9. The number of aliphatic hydroxyl groups is 1. The molecule has 2 rings (SSSR count). The molecule has 1 aliphatic heterocycles. The Bertz CT molecular complexity index is 674. The van der Waals surface area contributed by atoms with Crippen molar-refractivity contribution in [1.82, 2.24) is 4.90 Å². The van der Waals surface area contributed by atoms with Crippen LogP contribution < -0.4 is 0 Å². The Morgan fingerprint density at radius 2 is 2.07 bits per heavy atom. The van der Waals surface area contributed by atoms with E-state index in [1.54, 1.807) is 0 Å². The van der Waals surface area contributed by atoms with Crippen molar-refractivity contribution >= 4 is 5.97 Å². The molecule has 29 heavy (non-hydrogen) atoms. The van der Waals surface area contributed by atoms with Crippen molar-refractivity contribution in [2.24, 2.45) is 0 Å². The van der Waals surface area contributed by atoms with Crippen LogP contribution >= 0.6 is 0 Å². The van der Waals surface area contributed by atoms with Crippen molar-refractivity contribution in [2.45, 2.75) is 69.9 Å². The molecule has 0 aliphatic carbocycles. The van der Waals surface area contributed by atoms with Gasteiger partial charge >= 0.3 is 5.97 Å². The van der Waals surface area contributed by atoms with E-state index < -0.39 is 6.10 Å². The summed E-state index contributed by atoms with van der Waals surface area (Å²) in [4.78, 5) is 13.6. The molecule has 4 heteroatoms. The lowest BCUT2D eigenvalue weighted by Gasteiger charge is -2.22. The number of ether oxygens (including phenoxy) is 1. The number of rotatable bonds is 11. The molecule has 0 aromatic heterocycles. The molecule has 0 unspecified atom stereocenters. The normalized spacial score (nSPS) is 17.8. The van der Waals surface area contributed by atoms with Gasteiger partial charge in [0.05, 0.1) is 13.2 Å². The summed E-state index contributed by atoms with van der Waals surface area (Å²) in [5.74, 6) is 6.16. The minimum absolute atomic E-state index is 0.112. The van der Waals surface area contributed by atoms with Crippen molar-refractivity contribution in [2.75, 3.05) is 20.2 Å². The fourth-order valence-corrected chi connectivity index (χ4v) is 3.65. The first kappa shape index (κ1) is 23.2. The Morgan fingerprint density at radius 1 is 1.28 bits per heavy atom. The van der Waals surface area contributed by atoms with Crippen LogP contribution in [0.25, 0.3) is 0 Å². The number of methoxy groups -OCH3 is 1. The molecule has 0 radical (unpaired) electrons. The lowest BCUT2D eigenvalue weighted by atomic mass is 10.1. The zero-order valence-corrected chi connectivity index (χ0v) is 17.7. The molecule has 1 fully saturated rings. The first-order chi connectivity index (χ1) is 14.2. The van der Waals surface area contributed by atoms with Crippen LogP contribution in [0.4, 0.5) is 0 Å². The van der Waals surface area contributed by atoms with Crippen LogP contribution in [0.2, 0.25) is 0 Å². The smallest absolute Gasteiger partial charge is 0.305 e. The van der Waals surface area contributed by atoms with E-state index in [1.165, 1.54) is 20.0 Å². The maximum atomic E-state index is 11.1. The van der Waals surface area contributed by atoms with Crippen molar-refractivity contribution < 1.29 is 14.6 Å². The molecule has 2 atom stereocenters. The van der Waals surface area contributed by atoms with Gasteiger partial charge in [-0.05, 0) is 57.3 Å². The Hall–Kier alpha value is -2.09. The van der Waals surface area contributed by atoms with Crippen molar-refractivity contribution in [3.63, 3.8) is 0 Å². The molecule has 0 spiro atoms. The molecule has 1 saturated heterocycles. The summed E-state index contributed by atoms with van der Waals surface area (Å²) in [6.07, 6.45) is 12.3. The summed E-state index contributed by atoms with van der Waals surface area (Å²) in [5.41, 5.74) is 1.02. The van der Waals surface area contributed by atoms with Crippen LogP contribution in [0.15, 0.2) is 42.5 Å². The van der Waals surface area contributed by atoms with E-state index in [4.69, 9.17) is 0 Å². The van der Waals surface area contributed by atoms with Crippen molar-refractivity contribution in [3.05, 3.63) is 48.0 Å². The number of benzene rings is 1. The maximum absolute atomic E-state index is 11.1. The SMILES string of the molecule is COC(=O)CCCCCCN1CCC[C@@H]1/C=C/[C@@H](O)CCC#Cc1ccccc1. The molecule has 1 aromatic rings. The highest BCUT2D eigenvalue weighted by Gasteiger charge is 2.21. The van der Waals surface area contributed by atoms with Gasteiger partial charge in [0.2, 0.25) is 0 Å². The average molecular weight is 398 g/mol. The Labute approximate surface area is 175 Å². The first-order valence-corrected chi connectivity index (χ1v) is 10.9. The van der Waals surface area contributed by atoms with Crippen molar-refractivity contribution in [1.29, 1.82) is 0 Å². The van der Waals surface area contributed by atoms with E-state index >= 15 is 0 Å². The number of carbonyl (C=O) groups excluding carboxylic acids is 1. The van der Waals surface area contributed by atoms with E-state index in [-0.39, 0.29) is 5.97 Å². The van der Waals surface area contributed by atoms with Gasteiger partial charge < -0.3 is 9.84 Å². The predicted molar refractivity (Wildman–Crippen MR) is 117 cm³/mol. The van der Waals surface area contributed by atoms with Gasteiger partial charge in [0.15, 0.2) is 0 Å². The number of unbranched alkanes of at least 4 members (excludes halogenated alkanes) is 3. The highest BCUT2D eigenvalue weighted by Crippen LogP contribution is 2.20. The minimum Gasteiger partial charge on any atom is -0.469 e. The topological polar surface area (TPSA) is 49.8 Å². The Balaban J connectivity index is 1.61. The van der Waals surface area contributed by atoms with Gasteiger partial charge in [0.25, 0.3) is 0 Å². The molecule has 1 N–H and O–H groups in total. The van der Waals surface area contributed by atoms with Gasteiger partial charge in [-0.25, -0.2) is 0 Å². The fraction of sp³-hybridized carbons (Fsp3) is 0.560. The largest absolute Gasteiger partial charge is 0.469 e. The molecule has 0 saturated carbocycles. The summed E-state index contributed by atoms with van der Waals surface area (Å²) in [5, 5.41) is 10.2. The second-order valence-electron chi connectivity index (χ2n) is 7.64. The number of esters is 1. The summed E-state index contributed by atoms with van der Waals surface area (Å²) in [6, 6.07) is 10.4. The molecule has 0 amide bonds. The molecule has 1 aliphatic rings. The summed E-state index contributed by atoms with van der Waals surface area (Å²) in [6.45, 7) is 2.22. The van der Waals surface area contributed by atoms with Crippen molar-refractivity contribution in [3.8, 4) is 11.8 Å². The Morgan fingerprint density at radius 3 is 2.86 bits per heavy atom. The van der Waals surface area contributed by atoms with E-state index in [0.717, 1.165) is 44.3 Å². The monoisotopic (exact) mass is 397 g/mol. The maximum Gasteiger partial charge on any atom is 0.305 e. The predicted octanol–water partition coefficient (Wildman–Crippen LogP) is 4.32. The quantitative estimate of drug-likeness (QED) is 0.261. The van der Waals surface area contributed by atoms with Crippen LogP contribution in [-0.4, -0.2) is 48.3 Å². The number of hydrogen-bond acceptors (Lipinski definition) is 4. The molecule has 4 nitrogen and oxygen atoms in total. The van der Waals surface area contributed by atoms with E-state index in [1.807, 2.05) is 36.4 Å². The zero-order chi connectivity index (χ0) is 20.7.